The smallest absolute Gasteiger partial charge is 0.171 e. The topological polar surface area (TPSA) is 27.3 Å². The largest absolute Gasteiger partial charge is 0.378 e. The van der Waals surface area contributed by atoms with Crippen LogP contribution in [0.4, 0.5) is 11.4 Å². The Morgan fingerprint density at radius 2 is 1.68 bits per heavy atom. The summed E-state index contributed by atoms with van der Waals surface area (Å²) in [7, 11) is 4.05. The van der Waals surface area contributed by atoms with Gasteiger partial charge in [-0.3, -0.25) is 0 Å². The molecular weight excluding hydrogens is 310 g/mol. The summed E-state index contributed by atoms with van der Waals surface area (Å²) >= 11 is 7.08. The third-order valence-electron chi connectivity index (χ3n) is 3.25. The van der Waals surface area contributed by atoms with Crippen LogP contribution in [0.3, 0.4) is 0 Å². The van der Waals surface area contributed by atoms with Crippen molar-refractivity contribution in [1.29, 1.82) is 0 Å². The molecule has 0 aliphatic heterocycles. The van der Waals surface area contributed by atoms with E-state index >= 15 is 0 Å². The zero-order chi connectivity index (χ0) is 15.9. The highest BCUT2D eigenvalue weighted by molar-refractivity contribution is 7.98. The third kappa shape index (κ3) is 4.93. The molecule has 0 heterocycles. The number of thiocarbonyl (C=S) groups is 1. The SMILES string of the molecule is CSc1ccc(CNC(=S)Nc2ccc(N(C)C)cc2)cc1. The summed E-state index contributed by atoms with van der Waals surface area (Å²) in [6.45, 7) is 0.719. The average Bonchev–Trinajstić information content (AvgIpc) is 2.54. The average molecular weight is 332 g/mol. The Labute approximate surface area is 142 Å². The lowest BCUT2D eigenvalue weighted by Gasteiger charge is -2.14. The minimum atomic E-state index is 0.631. The van der Waals surface area contributed by atoms with Gasteiger partial charge in [0.15, 0.2) is 5.11 Å². The first kappa shape index (κ1) is 16.6. The van der Waals surface area contributed by atoms with Gasteiger partial charge in [-0.1, -0.05) is 12.1 Å². The van der Waals surface area contributed by atoms with Crippen LogP contribution in [-0.2, 0) is 6.54 Å². The van der Waals surface area contributed by atoms with E-state index in [-0.39, 0.29) is 0 Å². The fraction of sp³-hybridized carbons (Fsp3) is 0.235. The summed E-state index contributed by atoms with van der Waals surface area (Å²) in [4.78, 5) is 3.34. The number of hydrogen-bond donors (Lipinski definition) is 2. The van der Waals surface area contributed by atoms with E-state index in [9.17, 15) is 0 Å². The number of hydrogen-bond acceptors (Lipinski definition) is 3. The van der Waals surface area contributed by atoms with E-state index in [1.165, 1.54) is 16.1 Å². The molecule has 5 heteroatoms. The van der Waals surface area contributed by atoms with Crippen LogP contribution in [0.5, 0.6) is 0 Å². The fourth-order valence-electron chi connectivity index (χ4n) is 1.94. The Balaban J connectivity index is 1.84. The second kappa shape index (κ2) is 8.06. The van der Waals surface area contributed by atoms with Crippen LogP contribution in [0.2, 0.25) is 0 Å². The first-order chi connectivity index (χ1) is 10.6. The molecule has 0 aromatic heterocycles. The molecule has 0 aliphatic rings. The van der Waals surface area contributed by atoms with Gasteiger partial charge in [0.05, 0.1) is 0 Å². The first-order valence-corrected chi connectivity index (χ1v) is 8.67. The van der Waals surface area contributed by atoms with Gasteiger partial charge in [-0.05, 0) is 60.4 Å². The van der Waals surface area contributed by atoms with Gasteiger partial charge in [0, 0.05) is 36.9 Å². The Hall–Kier alpha value is -1.72. The molecule has 0 radical (unpaired) electrons. The molecule has 0 amide bonds. The quantitative estimate of drug-likeness (QED) is 0.639. The molecule has 116 valence electrons. The molecule has 2 aromatic rings. The summed E-state index contributed by atoms with van der Waals surface area (Å²) < 4.78 is 0. The molecule has 0 aliphatic carbocycles. The summed E-state index contributed by atoms with van der Waals surface area (Å²) in [5.74, 6) is 0. The standard InChI is InChI=1S/C17H21N3S2/c1-20(2)15-8-6-14(7-9-15)19-17(21)18-12-13-4-10-16(22-3)11-5-13/h4-11H,12H2,1-3H3,(H2,18,19,21). The molecular formula is C17H21N3S2. The second-order valence-electron chi connectivity index (χ2n) is 5.10. The van der Waals surface area contributed by atoms with Crippen LogP contribution in [-0.4, -0.2) is 25.5 Å². The highest BCUT2D eigenvalue weighted by Gasteiger charge is 2.00. The maximum Gasteiger partial charge on any atom is 0.171 e. The van der Waals surface area contributed by atoms with Gasteiger partial charge in [-0.2, -0.15) is 0 Å². The molecule has 0 unspecified atom stereocenters. The summed E-state index contributed by atoms with van der Waals surface area (Å²) in [6, 6.07) is 16.7. The lowest BCUT2D eigenvalue weighted by molar-refractivity contribution is 0.924. The third-order valence-corrected chi connectivity index (χ3v) is 4.24. The van der Waals surface area contributed by atoms with E-state index in [0.717, 1.165) is 12.2 Å². The van der Waals surface area contributed by atoms with Crippen LogP contribution in [0.15, 0.2) is 53.4 Å². The van der Waals surface area contributed by atoms with Crippen molar-refractivity contribution in [3.63, 3.8) is 0 Å². The van der Waals surface area contributed by atoms with E-state index in [1.54, 1.807) is 11.8 Å². The zero-order valence-electron chi connectivity index (χ0n) is 13.1. The monoisotopic (exact) mass is 331 g/mol. The number of nitrogens with one attached hydrogen (secondary N) is 2. The van der Waals surface area contributed by atoms with Gasteiger partial charge in [0.2, 0.25) is 0 Å². The maximum absolute atomic E-state index is 5.33. The minimum Gasteiger partial charge on any atom is -0.378 e. The summed E-state index contributed by atoms with van der Waals surface area (Å²) in [6.07, 6.45) is 2.08. The number of anilines is 2. The number of nitrogens with zero attached hydrogens (tertiary/aromatic N) is 1. The molecule has 2 rings (SSSR count). The van der Waals surface area contributed by atoms with Gasteiger partial charge in [-0.15, -0.1) is 11.8 Å². The van der Waals surface area contributed by atoms with Crippen molar-refractivity contribution in [3.8, 4) is 0 Å². The minimum absolute atomic E-state index is 0.631. The van der Waals surface area contributed by atoms with Gasteiger partial charge in [-0.25, -0.2) is 0 Å². The first-order valence-electron chi connectivity index (χ1n) is 7.03. The van der Waals surface area contributed by atoms with Crippen LogP contribution in [0.25, 0.3) is 0 Å². The van der Waals surface area contributed by atoms with Crippen LogP contribution < -0.4 is 15.5 Å². The van der Waals surface area contributed by atoms with Crippen molar-refractivity contribution >= 4 is 40.5 Å². The van der Waals surface area contributed by atoms with Crippen LogP contribution in [0, 0.1) is 0 Å². The molecule has 22 heavy (non-hydrogen) atoms. The number of rotatable bonds is 5. The normalized spacial score (nSPS) is 10.1. The Morgan fingerprint density at radius 1 is 1.05 bits per heavy atom. The molecule has 2 aromatic carbocycles. The Kier molecular flexibility index (Phi) is 6.10. The number of benzene rings is 2. The second-order valence-corrected chi connectivity index (χ2v) is 6.38. The van der Waals surface area contributed by atoms with E-state index in [2.05, 4.69) is 58.2 Å². The van der Waals surface area contributed by atoms with Crippen LogP contribution >= 0.6 is 24.0 Å². The Bertz CT molecular complexity index is 607. The van der Waals surface area contributed by atoms with Crippen molar-refractivity contribution in [3.05, 3.63) is 54.1 Å². The summed E-state index contributed by atoms with van der Waals surface area (Å²) in [5, 5.41) is 7.05. The van der Waals surface area contributed by atoms with Gasteiger partial charge >= 0.3 is 0 Å². The maximum atomic E-state index is 5.33. The van der Waals surface area contributed by atoms with Crippen molar-refractivity contribution in [2.45, 2.75) is 11.4 Å². The van der Waals surface area contributed by atoms with Gasteiger partial charge in [0.25, 0.3) is 0 Å². The fourth-order valence-corrected chi connectivity index (χ4v) is 2.54. The number of thioether (sulfide) groups is 1. The molecule has 0 fully saturated rings. The lowest BCUT2D eigenvalue weighted by Crippen LogP contribution is -2.27. The molecule has 3 nitrogen and oxygen atoms in total. The highest BCUT2D eigenvalue weighted by Crippen LogP contribution is 2.16. The van der Waals surface area contributed by atoms with Crippen molar-refractivity contribution in [1.82, 2.24) is 5.32 Å². The predicted octanol–water partition coefficient (Wildman–Crippen LogP) is 3.96. The Morgan fingerprint density at radius 3 is 2.23 bits per heavy atom. The molecule has 0 spiro atoms. The summed E-state index contributed by atoms with van der Waals surface area (Å²) in [5.41, 5.74) is 3.36. The molecule has 0 saturated heterocycles. The van der Waals surface area contributed by atoms with Gasteiger partial charge < -0.3 is 15.5 Å². The van der Waals surface area contributed by atoms with Crippen LogP contribution in [0.1, 0.15) is 5.56 Å². The lowest BCUT2D eigenvalue weighted by atomic mass is 10.2. The molecule has 0 bridgehead atoms. The van der Waals surface area contributed by atoms with E-state index in [1.807, 2.05) is 26.2 Å². The highest BCUT2D eigenvalue weighted by atomic mass is 32.2. The van der Waals surface area contributed by atoms with E-state index in [0.29, 0.717) is 5.11 Å². The van der Waals surface area contributed by atoms with E-state index < -0.39 is 0 Å². The van der Waals surface area contributed by atoms with Crippen molar-refractivity contribution in [2.24, 2.45) is 0 Å². The van der Waals surface area contributed by atoms with E-state index in [4.69, 9.17) is 12.2 Å². The van der Waals surface area contributed by atoms with Gasteiger partial charge in [0.1, 0.15) is 0 Å². The molecule has 2 N–H and O–H groups in total. The van der Waals surface area contributed by atoms with Crippen molar-refractivity contribution in [2.75, 3.05) is 30.6 Å². The predicted molar refractivity (Wildman–Crippen MR) is 102 cm³/mol. The molecule has 0 atom stereocenters. The zero-order valence-corrected chi connectivity index (χ0v) is 14.7. The van der Waals surface area contributed by atoms with Crippen molar-refractivity contribution < 1.29 is 0 Å². The molecule has 0 saturated carbocycles.